The van der Waals surface area contributed by atoms with Gasteiger partial charge in [0.2, 0.25) is 0 Å². The van der Waals surface area contributed by atoms with Crippen molar-refractivity contribution in [2.45, 2.75) is 6.42 Å². The Morgan fingerprint density at radius 1 is 1.67 bits per heavy atom. The van der Waals surface area contributed by atoms with Gasteiger partial charge in [-0.2, -0.15) is 0 Å². The highest BCUT2D eigenvalue weighted by molar-refractivity contribution is 14.1. The van der Waals surface area contributed by atoms with Gasteiger partial charge in [0.15, 0.2) is 0 Å². The van der Waals surface area contributed by atoms with E-state index in [2.05, 4.69) is 27.9 Å². The van der Waals surface area contributed by atoms with E-state index in [1.807, 2.05) is 23.9 Å². The Morgan fingerprint density at radius 3 is 2.93 bits per heavy atom. The number of rotatable bonds is 5. The highest BCUT2D eigenvalue weighted by Crippen LogP contribution is 2.09. The van der Waals surface area contributed by atoms with Crippen LogP contribution in [0.1, 0.15) is 16.9 Å². The summed E-state index contributed by atoms with van der Waals surface area (Å²) in [4.78, 5) is 11.7. The molecule has 0 aliphatic heterocycles. The molecule has 0 unspecified atom stereocenters. The minimum atomic E-state index is -0.0310. The van der Waals surface area contributed by atoms with Crippen molar-refractivity contribution in [2.75, 3.05) is 20.3 Å². The maximum absolute atomic E-state index is 11.7. The molecule has 1 heterocycles. The molecular formula is C10H15IN2O2. The molecular weight excluding hydrogens is 307 g/mol. The smallest absolute Gasteiger partial charge is 0.267 e. The Labute approximate surface area is 103 Å². The highest BCUT2D eigenvalue weighted by atomic mass is 127. The largest absolute Gasteiger partial charge is 0.385 e. The van der Waals surface area contributed by atoms with Gasteiger partial charge in [-0.25, -0.2) is 0 Å². The van der Waals surface area contributed by atoms with Crippen molar-refractivity contribution in [3.8, 4) is 0 Å². The lowest BCUT2D eigenvalue weighted by molar-refractivity contribution is 0.0940. The highest BCUT2D eigenvalue weighted by Gasteiger charge is 2.09. The van der Waals surface area contributed by atoms with E-state index in [4.69, 9.17) is 4.74 Å². The monoisotopic (exact) mass is 322 g/mol. The van der Waals surface area contributed by atoms with Gasteiger partial charge in [-0.1, -0.05) is 0 Å². The van der Waals surface area contributed by atoms with Crippen LogP contribution in [0.15, 0.2) is 12.3 Å². The molecule has 5 heteroatoms. The molecule has 0 aromatic carbocycles. The van der Waals surface area contributed by atoms with E-state index >= 15 is 0 Å². The molecule has 0 saturated carbocycles. The van der Waals surface area contributed by atoms with Gasteiger partial charge in [-0.3, -0.25) is 4.79 Å². The minimum Gasteiger partial charge on any atom is -0.385 e. The fourth-order valence-electron chi connectivity index (χ4n) is 1.26. The number of halogens is 1. The van der Waals surface area contributed by atoms with Crippen LogP contribution in [0.25, 0.3) is 0 Å². The number of aryl methyl sites for hydroxylation is 1. The van der Waals surface area contributed by atoms with E-state index in [-0.39, 0.29) is 5.91 Å². The Kier molecular flexibility index (Phi) is 5.10. The van der Waals surface area contributed by atoms with Crippen LogP contribution in [0.2, 0.25) is 0 Å². The van der Waals surface area contributed by atoms with Crippen LogP contribution in [0.5, 0.6) is 0 Å². The van der Waals surface area contributed by atoms with E-state index in [0.717, 1.165) is 9.99 Å². The van der Waals surface area contributed by atoms with Crippen molar-refractivity contribution in [3.63, 3.8) is 0 Å². The van der Waals surface area contributed by atoms with Crippen molar-refractivity contribution in [1.82, 2.24) is 9.88 Å². The summed E-state index contributed by atoms with van der Waals surface area (Å²) in [7, 11) is 3.52. The van der Waals surface area contributed by atoms with E-state index in [1.165, 1.54) is 0 Å². The zero-order valence-corrected chi connectivity index (χ0v) is 11.1. The quantitative estimate of drug-likeness (QED) is 0.658. The van der Waals surface area contributed by atoms with Crippen molar-refractivity contribution < 1.29 is 9.53 Å². The zero-order valence-electron chi connectivity index (χ0n) is 8.92. The van der Waals surface area contributed by atoms with Gasteiger partial charge in [0.1, 0.15) is 5.69 Å². The van der Waals surface area contributed by atoms with Crippen LogP contribution in [0.4, 0.5) is 0 Å². The molecule has 0 saturated heterocycles. The number of nitrogens with zero attached hydrogens (tertiary/aromatic N) is 1. The first-order chi connectivity index (χ1) is 7.15. The summed E-state index contributed by atoms with van der Waals surface area (Å²) < 4.78 is 7.79. The number of carbonyl (C=O) groups excluding carboxylic acids is 1. The van der Waals surface area contributed by atoms with Gasteiger partial charge in [-0.15, -0.1) is 0 Å². The molecule has 1 amide bonds. The molecule has 84 valence electrons. The van der Waals surface area contributed by atoms with Crippen molar-refractivity contribution in [3.05, 3.63) is 21.5 Å². The summed E-state index contributed by atoms with van der Waals surface area (Å²) in [6.45, 7) is 1.32. The maximum Gasteiger partial charge on any atom is 0.267 e. The normalized spacial score (nSPS) is 10.3. The Morgan fingerprint density at radius 2 is 2.40 bits per heavy atom. The van der Waals surface area contributed by atoms with Crippen molar-refractivity contribution in [1.29, 1.82) is 0 Å². The molecule has 0 fully saturated rings. The lowest BCUT2D eigenvalue weighted by Gasteiger charge is -2.05. The van der Waals surface area contributed by atoms with Gasteiger partial charge in [0.05, 0.1) is 0 Å². The number of aromatic nitrogens is 1. The van der Waals surface area contributed by atoms with Crippen LogP contribution in [-0.2, 0) is 11.8 Å². The number of hydrogen-bond donors (Lipinski definition) is 1. The van der Waals surface area contributed by atoms with Gasteiger partial charge in [0, 0.05) is 37.1 Å². The van der Waals surface area contributed by atoms with Gasteiger partial charge >= 0.3 is 0 Å². The lowest BCUT2D eigenvalue weighted by atomic mass is 10.4. The fourth-order valence-corrected chi connectivity index (χ4v) is 1.97. The van der Waals surface area contributed by atoms with E-state index in [0.29, 0.717) is 18.8 Å². The Balaban J connectivity index is 2.43. The SMILES string of the molecule is COCCCNC(=O)c1cc(I)cn1C. The summed E-state index contributed by atoms with van der Waals surface area (Å²) in [6.07, 6.45) is 2.76. The number of nitrogens with one attached hydrogen (secondary N) is 1. The van der Waals surface area contributed by atoms with Crippen LogP contribution in [-0.4, -0.2) is 30.7 Å². The molecule has 0 aliphatic rings. The van der Waals surface area contributed by atoms with E-state index < -0.39 is 0 Å². The molecule has 0 aliphatic carbocycles. The van der Waals surface area contributed by atoms with Gasteiger partial charge in [-0.05, 0) is 35.1 Å². The first-order valence-corrected chi connectivity index (χ1v) is 5.82. The summed E-state index contributed by atoms with van der Waals surface area (Å²) in [6, 6.07) is 1.87. The number of methoxy groups -OCH3 is 1. The molecule has 0 spiro atoms. The number of ether oxygens (including phenoxy) is 1. The summed E-state index contributed by atoms with van der Waals surface area (Å²) in [5, 5.41) is 2.84. The predicted octanol–water partition coefficient (Wildman–Crippen LogP) is 1.40. The number of hydrogen-bond acceptors (Lipinski definition) is 2. The second kappa shape index (κ2) is 6.12. The van der Waals surface area contributed by atoms with Crippen molar-refractivity contribution in [2.24, 2.45) is 7.05 Å². The summed E-state index contributed by atoms with van der Waals surface area (Å²) >= 11 is 2.19. The number of amides is 1. The Bertz CT molecular complexity index is 336. The third kappa shape index (κ3) is 3.83. The zero-order chi connectivity index (χ0) is 11.3. The van der Waals surface area contributed by atoms with Crippen LogP contribution < -0.4 is 5.32 Å². The second-order valence-corrected chi connectivity index (χ2v) is 4.50. The molecule has 1 rings (SSSR count). The molecule has 0 bridgehead atoms. The number of carbonyl (C=O) groups is 1. The van der Waals surface area contributed by atoms with Gasteiger partial charge in [0.25, 0.3) is 5.91 Å². The molecule has 1 aromatic rings. The average molecular weight is 322 g/mol. The first kappa shape index (κ1) is 12.5. The third-order valence-electron chi connectivity index (χ3n) is 2.02. The molecule has 15 heavy (non-hydrogen) atoms. The van der Waals surface area contributed by atoms with Crippen LogP contribution in [0.3, 0.4) is 0 Å². The molecule has 0 atom stereocenters. The molecule has 1 N–H and O–H groups in total. The van der Waals surface area contributed by atoms with Crippen LogP contribution in [0, 0.1) is 3.57 Å². The average Bonchev–Trinajstić information content (AvgIpc) is 2.52. The predicted molar refractivity (Wildman–Crippen MR) is 67.0 cm³/mol. The van der Waals surface area contributed by atoms with Crippen LogP contribution >= 0.6 is 22.6 Å². The first-order valence-electron chi connectivity index (χ1n) is 4.74. The second-order valence-electron chi connectivity index (χ2n) is 3.26. The minimum absolute atomic E-state index is 0.0310. The standard InChI is InChI=1S/C10H15IN2O2/c1-13-7-8(11)6-9(13)10(14)12-4-3-5-15-2/h6-7H,3-5H2,1-2H3,(H,12,14). The fraction of sp³-hybridized carbons (Fsp3) is 0.500. The lowest BCUT2D eigenvalue weighted by Crippen LogP contribution is -2.26. The summed E-state index contributed by atoms with van der Waals surface area (Å²) in [5.74, 6) is -0.0310. The molecule has 1 aromatic heterocycles. The van der Waals surface area contributed by atoms with E-state index in [1.54, 1.807) is 7.11 Å². The van der Waals surface area contributed by atoms with Gasteiger partial charge < -0.3 is 14.6 Å². The maximum atomic E-state index is 11.7. The molecule has 0 radical (unpaired) electrons. The van der Waals surface area contributed by atoms with E-state index in [9.17, 15) is 4.79 Å². The van der Waals surface area contributed by atoms with Crippen molar-refractivity contribution >= 4 is 28.5 Å². The molecule has 4 nitrogen and oxygen atoms in total. The summed E-state index contributed by atoms with van der Waals surface area (Å²) in [5.41, 5.74) is 0.691. The Hall–Kier alpha value is -0.560. The topological polar surface area (TPSA) is 43.3 Å². The third-order valence-corrected chi connectivity index (χ3v) is 2.60.